The Labute approximate surface area is 128 Å². The van der Waals surface area contributed by atoms with Crippen LogP contribution in [0.2, 0.25) is 10.0 Å². The average molecular weight is 311 g/mol. The molecule has 2 aromatic carbocycles. The number of hydrogen-bond acceptors (Lipinski definition) is 2. The van der Waals surface area contributed by atoms with E-state index in [0.717, 1.165) is 0 Å². The number of halogens is 2. The Hall–Kier alpha value is -1.06. The van der Waals surface area contributed by atoms with Gasteiger partial charge in [0.2, 0.25) is 0 Å². The quantitative estimate of drug-likeness (QED) is 0.895. The van der Waals surface area contributed by atoms with Crippen LogP contribution in [0.1, 0.15) is 25.0 Å². The van der Waals surface area contributed by atoms with E-state index in [9.17, 15) is 10.2 Å². The first kappa shape index (κ1) is 15.3. The predicted molar refractivity (Wildman–Crippen MR) is 82.0 cm³/mol. The molecule has 0 saturated heterocycles. The van der Waals surface area contributed by atoms with Crippen LogP contribution in [0.25, 0.3) is 0 Å². The zero-order valence-electron chi connectivity index (χ0n) is 11.3. The van der Waals surface area contributed by atoms with Crippen LogP contribution in [0.5, 0.6) is 0 Å². The second kappa shape index (κ2) is 5.38. The molecule has 0 saturated carbocycles. The summed E-state index contributed by atoms with van der Waals surface area (Å²) >= 11 is 11.7. The largest absolute Gasteiger partial charge is 0.382 e. The zero-order valence-corrected chi connectivity index (χ0v) is 12.8. The van der Waals surface area contributed by atoms with Gasteiger partial charge in [0.25, 0.3) is 0 Å². The summed E-state index contributed by atoms with van der Waals surface area (Å²) in [6, 6.07) is 13.5. The lowest BCUT2D eigenvalue weighted by Gasteiger charge is -2.39. The summed E-state index contributed by atoms with van der Waals surface area (Å²) < 4.78 is 0. The monoisotopic (exact) mass is 310 g/mol. The molecule has 0 aliphatic rings. The molecule has 0 heterocycles. The van der Waals surface area contributed by atoms with Gasteiger partial charge in [-0.15, -0.1) is 0 Å². The number of aliphatic hydroxyl groups is 2. The summed E-state index contributed by atoms with van der Waals surface area (Å²) in [5, 5.41) is 22.8. The van der Waals surface area contributed by atoms with E-state index in [-0.39, 0.29) is 0 Å². The third-order valence-electron chi connectivity index (χ3n) is 3.76. The van der Waals surface area contributed by atoms with Gasteiger partial charge >= 0.3 is 0 Å². The molecule has 2 nitrogen and oxygen atoms in total. The van der Waals surface area contributed by atoms with Crippen molar-refractivity contribution in [3.63, 3.8) is 0 Å². The van der Waals surface area contributed by atoms with Gasteiger partial charge in [0.05, 0.1) is 0 Å². The molecule has 2 N–H and O–H groups in total. The van der Waals surface area contributed by atoms with E-state index in [1.54, 1.807) is 62.4 Å². The minimum atomic E-state index is -1.47. The van der Waals surface area contributed by atoms with Gasteiger partial charge in [-0.3, -0.25) is 0 Å². The first-order chi connectivity index (χ1) is 9.25. The number of benzene rings is 2. The smallest absolute Gasteiger partial charge is 0.119 e. The maximum atomic E-state index is 10.8. The lowest BCUT2D eigenvalue weighted by Crippen LogP contribution is -2.45. The molecule has 4 heteroatoms. The van der Waals surface area contributed by atoms with Crippen LogP contribution in [0.4, 0.5) is 0 Å². The molecule has 0 amide bonds. The minimum absolute atomic E-state index is 0.579. The average Bonchev–Trinajstić information content (AvgIpc) is 2.39. The first-order valence-corrected chi connectivity index (χ1v) is 6.97. The number of rotatable bonds is 3. The van der Waals surface area contributed by atoms with Crippen LogP contribution in [0.15, 0.2) is 48.5 Å². The van der Waals surface area contributed by atoms with Gasteiger partial charge in [-0.05, 0) is 49.2 Å². The Kier molecular flexibility index (Phi) is 4.12. The van der Waals surface area contributed by atoms with Crippen molar-refractivity contribution in [2.45, 2.75) is 25.0 Å². The molecule has 0 aromatic heterocycles. The van der Waals surface area contributed by atoms with Gasteiger partial charge in [-0.2, -0.15) is 0 Å². The molecule has 0 bridgehead atoms. The van der Waals surface area contributed by atoms with Crippen LogP contribution in [0, 0.1) is 0 Å². The van der Waals surface area contributed by atoms with E-state index in [1.807, 2.05) is 0 Å². The van der Waals surface area contributed by atoms with Gasteiger partial charge in [-0.1, -0.05) is 47.5 Å². The molecule has 0 radical (unpaired) electrons. The Balaban J connectivity index is 2.45. The predicted octanol–water partition coefficient (Wildman–Crippen LogP) is 4.11. The van der Waals surface area contributed by atoms with Crippen LogP contribution < -0.4 is 0 Å². The van der Waals surface area contributed by atoms with Gasteiger partial charge in [0.15, 0.2) is 0 Å². The van der Waals surface area contributed by atoms with Gasteiger partial charge < -0.3 is 10.2 Å². The second-order valence-electron chi connectivity index (χ2n) is 5.16. The van der Waals surface area contributed by atoms with Crippen molar-refractivity contribution in [2.24, 2.45) is 0 Å². The van der Waals surface area contributed by atoms with Crippen LogP contribution in [-0.4, -0.2) is 10.2 Å². The highest BCUT2D eigenvalue weighted by atomic mass is 35.5. The summed E-state index contributed by atoms with van der Waals surface area (Å²) in [4.78, 5) is 0. The highest BCUT2D eigenvalue weighted by Gasteiger charge is 2.44. The zero-order chi connectivity index (χ0) is 15.0. The van der Waals surface area contributed by atoms with Crippen molar-refractivity contribution < 1.29 is 10.2 Å². The molecule has 2 aromatic rings. The molecule has 2 unspecified atom stereocenters. The van der Waals surface area contributed by atoms with Crippen LogP contribution in [-0.2, 0) is 11.2 Å². The molecule has 20 heavy (non-hydrogen) atoms. The van der Waals surface area contributed by atoms with Crippen molar-refractivity contribution in [1.82, 2.24) is 0 Å². The van der Waals surface area contributed by atoms with E-state index in [0.29, 0.717) is 21.2 Å². The lowest BCUT2D eigenvalue weighted by molar-refractivity contribution is -0.143. The summed E-state index contributed by atoms with van der Waals surface area (Å²) in [7, 11) is 0. The molecular weight excluding hydrogens is 295 g/mol. The van der Waals surface area contributed by atoms with E-state index >= 15 is 0 Å². The van der Waals surface area contributed by atoms with Crippen molar-refractivity contribution in [3.05, 3.63) is 69.7 Å². The van der Waals surface area contributed by atoms with Gasteiger partial charge in [-0.25, -0.2) is 0 Å². The topological polar surface area (TPSA) is 40.5 Å². The molecule has 0 fully saturated rings. The van der Waals surface area contributed by atoms with Crippen LogP contribution >= 0.6 is 23.2 Å². The molecule has 0 aliphatic heterocycles. The Morgan fingerprint density at radius 3 is 1.15 bits per heavy atom. The molecule has 2 atom stereocenters. The lowest BCUT2D eigenvalue weighted by atomic mass is 9.76. The molecule has 0 aliphatic carbocycles. The minimum Gasteiger partial charge on any atom is -0.382 e. The third-order valence-corrected chi connectivity index (χ3v) is 4.26. The Morgan fingerprint density at radius 2 is 0.900 bits per heavy atom. The van der Waals surface area contributed by atoms with Crippen molar-refractivity contribution >= 4 is 23.2 Å². The fraction of sp³-hybridized carbons (Fsp3) is 0.250. The summed E-state index contributed by atoms with van der Waals surface area (Å²) in [5.74, 6) is 0. The SMILES string of the molecule is CC(O)(c1ccc(Cl)cc1)C(C)(O)c1ccc(Cl)cc1. The maximum absolute atomic E-state index is 10.8. The first-order valence-electron chi connectivity index (χ1n) is 6.22. The Morgan fingerprint density at radius 1 is 0.650 bits per heavy atom. The number of hydrogen-bond donors (Lipinski definition) is 2. The molecule has 2 rings (SSSR count). The normalized spacial score (nSPS) is 17.3. The molecular formula is C16H16Cl2O2. The summed E-state index contributed by atoms with van der Waals surface area (Å²) in [6.45, 7) is 3.15. The fourth-order valence-corrected chi connectivity index (χ4v) is 2.36. The standard InChI is InChI=1S/C16H16Cl2O2/c1-15(19,11-3-7-13(17)8-4-11)16(2,20)12-5-9-14(18)10-6-12/h3-10,19-20H,1-2H3. The summed E-state index contributed by atoms with van der Waals surface area (Å²) in [6.07, 6.45) is 0. The molecule has 106 valence electrons. The van der Waals surface area contributed by atoms with E-state index < -0.39 is 11.2 Å². The highest BCUT2D eigenvalue weighted by molar-refractivity contribution is 6.30. The molecule has 0 spiro atoms. The van der Waals surface area contributed by atoms with Crippen molar-refractivity contribution in [1.29, 1.82) is 0 Å². The highest BCUT2D eigenvalue weighted by Crippen LogP contribution is 2.40. The van der Waals surface area contributed by atoms with E-state index in [4.69, 9.17) is 23.2 Å². The van der Waals surface area contributed by atoms with Crippen LogP contribution in [0.3, 0.4) is 0 Å². The fourth-order valence-electron chi connectivity index (χ4n) is 2.11. The van der Waals surface area contributed by atoms with Gasteiger partial charge in [0, 0.05) is 10.0 Å². The third kappa shape index (κ3) is 2.70. The van der Waals surface area contributed by atoms with E-state index in [2.05, 4.69) is 0 Å². The Bertz CT molecular complexity index is 531. The maximum Gasteiger partial charge on any atom is 0.119 e. The van der Waals surface area contributed by atoms with Crippen molar-refractivity contribution in [2.75, 3.05) is 0 Å². The van der Waals surface area contributed by atoms with Gasteiger partial charge in [0.1, 0.15) is 11.2 Å². The van der Waals surface area contributed by atoms with Crippen molar-refractivity contribution in [3.8, 4) is 0 Å². The van der Waals surface area contributed by atoms with E-state index in [1.165, 1.54) is 0 Å². The second-order valence-corrected chi connectivity index (χ2v) is 6.03. The summed E-state index contributed by atoms with van der Waals surface area (Å²) in [5.41, 5.74) is -1.76.